The molecule has 1 fully saturated rings. The predicted octanol–water partition coefficient (Wildman–Crippen LogP) is 0.869. The van der Waals surface area contributed by atoms with Gasteiger partial charge in [0.2, 0.25) is 11.3 Å². The molecule has 1 aromatic carbocycles. The third-order valence-electron chi connectivity index (χ3n) is 3.28. The molecule has 1 saturated heterocycles. The van der Waals surface area contributed by atoms with E-state index in [9.17, 15) is 14.7 Å². The minimum absolute atomic E-state index is 0.0305. The van der Waals surface area contributed by atoms with Crippen molar-refractivity contribution in [1.29, 1.82) is 0 Å². The summed E-state index contributed by atoms with van der Waals surface area (Å²) in [6.07, 6.45) is 0. The van der Waals surface area contributed by atoms with E-state index in [1.165, 1.54) is 30.0 Å². The standard InChI is InChI=1S/C13H12N2O5S/c14-11-9(12-15-7(4-21-12)13(18)19)10(17)6-2-1-5(16)3-8(6)20-11/h1-3,7,12,15-16H,4,14H2,(H,18,19). The third-order valence-corrected chi connectivity index (χ3v) is 4.51. The molecule has 8 heteroatoms. The average Bonchev–Trinajstić information content (AvgIpc) is 2.87. The van der Waals surface area contributed by atoms with E-state index in [1.807, 2.05) is 0 Å². The number of hydrogen-bond acceptors (Lipinski definition) is 7. The van der Waals surface area contributed by atoms with Crippen LogP contribution in [0.3, 0.4) is 0 Å². The van der Waals surface area contributed by atoms with Crippen LogP contribution in [0.5, 0.6) is 5.75 Å². The fourth-order valence-corrected chi connectivity index (χ4v) is 3.52. The molecule has 2 aromatic rings. The molecule has 0 saturated carbocycles. The third kappa shape index (κ3) is 2.32. The van der Waals surface area contributed by atoms with E-state index in [4.69, 9.17) is 15.3 Å². The van der Waals surface area contributed by atoms with Crippen molar-refractivity contribution >= 4 is 34.6 Å². The van der Waals surface area contributed by atoms with Gasteiger partial charge in [-0.1, -0.05) is 0 Å². The fraction of sp³-hybridized carbons (Fsp3) is 0.231. The van der Waals surface area contributed by atoms with Gasteiger partial charge in [-0.2, -0.15) is 0 Å². The summed E-state index contributed by atoms with van der Waals surface area (Å²) < 4.78 is 5.38. The Morgan fingerprint density at radius 3 is 2.90 bits per heavy atom. The minimum Gasteiger partial charge on any atom is -0.508 e. The van der Waals surface area contributed by atoms with Crippen molar-refractivity contribution in [3.8, 4) is 5.75 Å². The lowest BCUT2D eigenvalue weighted by molar-refractivity contribution is -0.138. The molecule has 0 spiro atoms. The highest BCUT2D eigenvalue weighted by Crippen LogP contribution is 2.35. The van der Waals surface area contributed by atoms with E-state index in [2.05, 4.69) is 5.32 Å². The molecular weight excluding hydrogens is 296 g/mol. The van der Waals surface area contributed by atoms with Crippen LogP contribution in [0.2, 0.25) is 0 Å². The first kappa shape index (κ1) is 13.8. The number of phenols is 1. The smallest absolute Gasteiger partial charge is 0.321 e. The number of anilines is 1. The van der Waals surface area contributed by atoms with Crippen molar-refractivity contribution < 1.29 is 19.4 Å². The van der Waals surface area contributed by atoms with Crippen LogP contribution in [-0.4, -0.2) is 28.0 Å². The Labute approximate surface area is 122 Å². The number of rotatable bonds is 2. The summed E-state index contributed by atoms with van der Waals surface area (Å²) in [6.45, 7) is 0. The first-order chi connectivity index (χ1) is 9.97. The lowest BCUT2D eigenvalue weighted by atomic mass is 10.1. The molecular formula is C13H12N2O5S. The summed E-state index contributed by atoms with van der Waals surface area (Å²) >= 11 is 1.29. The largest absolute Gasteiger partial charge is 0.508 e. The first-order valence-corrected chi connectivity index (χ1v) is 7.18. The Morgan fingerprint density at radius 2 is 2.24 bits per heavy atom. The van der Waals surface area contributed by atoms with Crippen molar-refractivity contribution in [2.24, 2.45) is 0 Å². The minimum atomic E-state index is -0.973. The molecule has 2 unspecified atom stereocenters. The number of carboxylic acid groups (broad SMARTS) is 1. The van der Waals surface area contributed by atoms with Crippen LogP contribution in [0.4, 0.5) is 5.88 Å². The highest BCUT2D eigenvalue weighted by atomic mass is 32.2. The highest BCUT2D eigenvalue weighted by Gasteiger charge is 2.33. The number of phenolic OH excluding ortho intramolecular Hbond substituents is 1. The molecule has 0 bridgehead atoms. The van der Waals surface area contributed by atoms with Crippen LogP contribution in [0.1, 0.15) is 10.9 Å². The fourth-order valence-electron chi connectivity index (χ4n) is 2.24. The van der Waals surface area contributed by atoms with E-state index in [-0.39, 0.29) is 33.6 Å². The van der Waals surface area contributed by atoms with Gasteiger partial charge in [0.25, 0.3) is 0 Å². The summed E-state index contributed by atoms with van der Waals surface area (Å²) in [5.41, 5.74) is 5.86. The van der Waals surface area contributed by atoms with Crippen molar-refractivity contribution in [1.82, 2.24) is 5.32 Å². The summed E-state index contributed by atoms with van der Waals surface area (Å²) in [5, 5.41) is 21.0. The molecule has 0 radical (unpaired) electrons. The normalized spacial score (nSPS) is 21.7. The molecule has 7 nitrogen and oxygen atoms in total. The summed E-state index contributed by atoms with van der Waals surface area (Å²) in [6, 6.07) is 3.42. The molecule has 21 heavy (non-hydrogen) atoms. The molecule has 2 atom stereocenters. The summed E-state index contributed by atoms with van der Waals surface area (Å²) in [5.74, 6) is -0.739. The lowest BCUT2D eigenvalue weighted by Gasteiger charge is -2.13. The van der Waals surface area contributed by atoms with E-state index in [1.54, 1.807) is 0 Å². The zero-order chi connectivity index (χ0) is 15.1. The number of fused-ring (bicyclic) bond motifs is 1. The molecule has 0 amide bonds. The topological polar surface area (TPSA) is 126 Å². The monoisotopic (exact) mass is 308 g/mol. The second kappa shape index (κ2) is 4.97. The Morgan fingerprint density at radius 1 is 1.48 bits per heavy atom. The van der Waals surface area contributed by atoms with Crippen LogP contribution in [0.15, 0.2) is 27.4 Å². The van der Waals surface area contributed by atoms with Gasteiger partial charge < -0.3 is 20.4 Å². The zero-order valence-corrected chi connectivity index (χ0v) is 11.5. The van der Waals surface area contributed by atoms with Crippen molar-refractivity contribution in [2.45, 2.75) is 11.4 Å². The number of hydrogen-bond donors (Lipinski definition) is 4. The van der Waals surface area contributed by atoms with Gasteiger partial charge in [-0.25, -0.2) is 0 Å². The molecule has 110 valence electrons. The number of nitrogens with one attached hydrogen (secondary N) is 1. The van der Waals surface area contributed by atoms with E-state index >= 15 is 0 Å². The summed E-state index contributed by atoms with van der Waals surface area (Å²) in [7, 11) is 0. The maximum atomic E-state index is 12.5. The maximum absolute atomic E-state index is 12.5. The number of carboxylic acids is 1. The Hall–Kier alpha value is -2.19. The van der Waals surface area contributed by atoms with E-state index in [0.717, 1.165) is 0 Å². The second-order valence-electron chi connectivity index (χ2n) is 4.66. The number of thioether (sulfide) groups is 1. The number of carbonyl (C=O) groups is 1. The zero-order valence-electron chi connectivity index (χ0n) is 10.7. The van der Waals surface area contributed by atoms with Gasteiger partial charge in [0.1, 0.15) is 17.4 Å². The van der Waals surface area contributed by atoms with Crippen LogP contribution in [-0.2, 0) is 4.79 Å². The van der Waals surface area contributed by atoms with Gasteiger partial charge in [-0.05, 0) is 12.1 Å². The number of aliphatic carboxylic acids is 1. The molecule has 3 rings (SSSR count). The molecule has 0 aliphatic carbocycles. The molecule has 1 aliphatic rings. The van der Waals surface area contributed by atoms with E-state index < -0.39 is 17.4 Å². The quantitative estimate of drug-likeness (QED) is 0.644. The van der Waals surface area contributed by atoms with Crippen LogP contribution in [0.25, 0.3) is 11.0 Å². The number of aromatic hydroxyl groups is 1. The number of nitrogen functional groups attached to an aromatic ring is 1. The lowest BCUT2D eigenvalue weighted by Crippen LogP contribution is -2.35. The molecule has 1 aliphatic heterocycles. The van der Waals surface area contributed by atoms with Gasteiger partial charge in [-0.15, -0.1) is 11.8 Å². The Bertz CT molecular complexity index is 788. The molecule has 5 N–H and O–H groups in total. The Balaban J connectivity index is 2.10. The maximum Gasteiger partial charge on any atom is 0.321 e. The van der Waals surface area contributed by atoms with Crippen LogP contribution >= 0.6 is 11.8 Å². The molecule has 2 heterocycles. The van der Waals surface area contributed by atoms with Gasteiger partial charge in [0.15, 0.2) is 0 Å². The van der Waals surface area contributed by atoms with Gasteiger partial charge in [-0.3, -0.25) is 14.9 Å². The van der Waals surface area contributed by atoms with Gasteiger partial charge in [0.05, 0.1) is 16.3 Å². The van der Waals surface area contributed by atoms with Crippen LogP contribution in [0, 0.1) is 0 Å². The van der Waals surface area contributed by atoms with E-state index in [0.29, 0.717) is 5.75 Å². The van der Waals surface area contributed by atoms with Crippen LogP contribution < -0.4 is 16.5 Å². The van der Waals surface area contributed by atoms with Crippen molar-refractivity contribution in [3.63, 3.8) is 0 Å². The second-order valence-corrected chi connectivity index (χ2v) is 5.80. The number of nitrogens with two attached hydrogens (primary N) is 1. The van der Waals surface area contributed by atoms with Gasteiger partial charge in [0, 0.05) is 11.8 Å². The molecule has 1 aromatic heterocycles. The number of benzene rings is 1. The highest BCUT2D eigenvalue weighted by molar-refractivity contribution is 7.99. The predicted molar refractivity (Wildman–Crippen MR) is 78.3 cm³/mol. The SMILES string of the molecule is Nc1oc2cc(O)ccc2c(=O)c1C1NC(C(=O)O)CS1. The van der Waals surface area contributed by atoms with Gasteiger partial charge >= 0.3 is 5.97 Å². The first-order valence-electron chi connectivity index (χ1n) is 6.13. The average molecular weight is 308 g/mol. The van der Waals surface area contributed by atoms with Crippen molar-refractivity contribution in [2.75, 3.05) is 11.5 Å². The summed E-state index contributed by atoms with van der Waals surface area (Å²) in [4.78, 5) is 23.5. The van der Waals surface area contributed by atoms with Crippen molar-refractivity contribution in [3.05, 3.63) is 34.0 Å². The Kier molecular flexibility index (Phi) is 3.26.